The summed E-state index contributed by atoms with van der Waals surface area (Å²) in [5.41, 5.74) is 4.39. The fourth-order valence-electron chi connectivity index (χ4n) is 2.56. The fourth-order valence-corrected chi connectivity index (χ4v) is 2.56. The number of methoxy groups -OCH3 is 1. The molecule has 0 saturated heterocycles. The Balaban J connectivity index is 1.84. The Kier molecular flexibility index (Phi) is 4.66. The van der Waals surface area contributed by atoms with Gasteiger partial charge in [0, 0.05) is 5.56 Å². The number of benzene rings is 3. The summed E-state index contributed by atoms with van der Waals surface area (Å²) < 4.78 is 5.32. The molecule has 0 unspecified atom stereocenters. The lowest BCUT2D eigenvalue weighted by Crippen LogP contribution is -2.18. The van der Waals surface area contributed by atoms with E-state index in [-0.39, 0.29) is 11.7 Å². The predicted molar refractivity (Wildman–Crippen MR) is 98.4 cm³/mol. The van der Waals surface area contributed by atoms with Gasteiger partial charge >= 0.3 is 0 Å². The molecule has 0 aliphatic rings. The number of fused-ring (bicyclic) bond motifs is 1. The van der Waals surface area contributed by atoms with Crippen molar-refractivity contribution in [3.8, 4) is 11.5 Å². The Morgan fingerprint density at radius 2 is 1.84 bits per heavy atom. The first-order valence-corrected chi connectivity index (χ1v) is 7.78. The van der Waals surface area contributed by atoms with Crippen molar-refractivity contribution in [1.29, 1.82) is 0 Å². The van der Waals surface area contributed by atoms with E-state index in [1.165, 1.54) is 13.3 Å². The normalized spacial score (nSPS) is 11.0. The zero-order valence-corrected chi connectivity index (χ0v) is 14.0. The molecule has 3 rings (SSSR count). The molecule has 2 N–H and O–H groups in total. The molecular formula is C20H18N2O3. The Morgan fingerprint density at radius 3 is 2.56 bits per heavy atom. The van der Waals surface area contributed by atoms with Gasteiger partial charge in [-0.2, -0.15) is 5.10 Å². The van der Waals surface area contributed by atoms with Gasteiger partial charge in [-0.05, 0) is 42.0 Å². The van der Waals surface area contributed by atoms with Gasteiger partial charge in [-0.15, -0.1) is 0 Å². The molecule has 0 fully saturated rings. The number of amides is 1. The first-order chi connectivity index (χ1) is 12.1. The van der Waals surface area contributed by atoms with Gasteiger partial charge in [-0.1, -0.05) is 35.9 Å². The first kappa shape index (κ1) is 16.5. The zero-order valence-electron chi connectivity index (χ0n) is 14.0. The number of nitrogens with one attached hydrogen (secondary N) is 1. The molecule has 0 radical (unpaired) electrons. The lowest BCUT2D eigenvalue weighted by atomic mass is 10.1. The molecule has 25 heavy (non-hydrogen) atoms. The molecule has 0 atom stereocenters. The van der Waals surface area contributed by atoms with Crippen molar-refractivity contribution in [2.45, 2.75) is 6.92 Å². The lowest BCUT2D eigenvalue weighted by Gasteiger charge is -2.09. The van der Waals surface area contributed by atoms with Crippen LogP contribution < -0.4 is 10.2 Å². The molecule has 1 amide bonds. The summed E-state index contributed by atoms with van der Waals surface area (Å²) in [5, 5.41) is 15.7. The van der Waals surface area contributed by atoms with Gasteiger partial charge in [0.25, 0.3) is 5.91 Å². The van der Waals surface area contributed by atoms with Crippen molar-refractivity contribution in [2.24, 2.45) is 5.10 Å². The van der Waals surface area contributed by atoms with E-state index in [1.807, 2.05) is 37.3 Å². The van der Waals surface area contributed by atoms with Crippen LogP contribution in [-0.4, -0.2) is 24.3 Å². The summed E-state index contributed by atoms with van der Waals surface area (Å²) in [5.74, 6) is 0.197. The summed E-state index contributed by atoms with van der Waals surface area (Å²) in [6.45, 7) is 1.91. The minimum Gasteiger partial charge on any atom is -0.507 e. The number of aryl methyl sites for hydroxylation is 1. The average molecular weight is 334 g/mol. The van der Waals surface area contributed by atoms with Gasteiger partial charge in [-0.25, -0.2) is 5.43 Å². The lowest BCUT2D eigenvalue weighted by molar-refractivity contribution is 0.0952. The average Bonchev–Trinajstić information content (AvgIpc) is 2.63. The van der Waals surface area contributed by atoms with Gasteiger partial charge in [0.2, 0.25) is 0 Å². The van der Waals surface area contributed by atoms with Gasteiger partial charge in [0.1, 0.15) is 11.5 Å². The van der Waals surface area contributed by atoms with E-state index in [9.17, 15) is 9.90 Å². The van der Waals surface area contributed by atoms with Crippen LogP contribution in [0.2, 0.25) is 0 Å². The van der Waals surface area contributed by atoms with Gasteiger partial charge in [-0.3, -0.25) is 4.79 Å². The van der Waals surface area contributed by atoms with Crippen LogP contribution in [-0.2, 0) is 0 Å². The summed E-state index contributed by atoms with van der Waals surface area (Å²) >= 11 is 0. The molecule has 0 heterocycles. The third kappa shape index (κ3) is 3.61. The Hall–Kier alpha value is -3.34. The maximum Gasteiger partial charge on any atom is 0.275 e. The first-order valence-electron chi connectivity index (χ1n) is 7.78. The highest BCUT2D eigenvalue weighted by Crippen LogP contribution is 2.25. The van der Waals surface area contributed by atoms with E-state index >= 15 is 0 Å². The van der Waals surface area contributed by atoms with Crippen molar-refractivity contribution < 1.29 is 14.6 Å². The summed E-state index contributed by atoms with van der Waals surface area (Å²) in [6.07, 6.45) is 1.41. The molecule has 126 valence electrons. The highest BCUT2D eigenvalue weighted by molar-refractivity contribution is 6.02. The summed E-state index contributed by atoms with van der Waals surface area (Å²) in [6, 6.07) is 16.5. The van der Waals surface area contributed by atoms with Crippen LogP contribution in [0.4, 0.5) is 0 Å². The second kappa shape index (κ2) is 7.05. The van der Waals surface area contributed by atoms with Crippen LogP contribution in [0.15, 0.2) is 59.7 Å². The predicted octanol–water partition coefficient (Wildman–Crippen LogP) is 3.63. The minimum absolute atomic E-state index is 0.104. The number of rotatable bonds is 4. The monoisotopic (exact) mass is 334 g/mol. The number of hydrogen-bond donors (Lipinski definition) is 2. The number of ether oxygens (including phenoxy) is 1. The van der Waals surface area contributed by atoms with Crippen LogP contribution >= 0.6 is 0 Å². The molecule has 3 aromatic rings. The Bertz CT molecular complexity index is 964. The van der Waals surface area contributed by atoms with Crippen LogP contribution in [0.3, 0.4) is 0 Å². The van der Waals surface area contributed by atoms with E-state index in [0.717, 1.165) is 16.3 Å². The van der Waals surface area contributed by atoms with Gasteiger partial charge in [0.05, 0.1) is 18.9 Å². The molecular weight excluding hydrogens is 316 g/mol. The number of phenols is 1. The number of nitrogens with zero attached hydrogens (tertiary/aromatic N) is 1. The molecule has 0 spiro atoms. The van der Waals surface area contributed by atoms with E-state index < -0.39 is 0 Å². The van der Waals surface area contributed by atoms with Crippen LogP contribution in [0.25, 0.3) is 10.8 Å². The SMILES string of the molecule is COc1cc2ccccc2cc1C(=O)N/N=C/c1cc(C)ccc1O. The number of carbonyl (C=O) groups is 1. The third-order valence-electron chi connectivity index (χ3n) is 3.87. The number of hydrogen-bond acceptors (Lipinski definition) is 4. The largest absolute Gasteiger partial charge is 0.507 e. The van der Waals surface area contributed by atoms with E-state index in [2.05, 4.69) is 10.5 Å². The van der Waals surface area contributed by atoms with Crippen molar-refractivity contribution in [3.63, 3.8) is 0 Å². The Labute approximate surface area is 145 Å². The quantitative estimate of drug-likeness (QED) is 0.565. The fraction of sp³-hybridized carbons (Fsp3) is 0.100. The van der Waals surface area contributed by atoms with Crippen LogP contribution in [0.5, 0.6) is 11.5 Å². The van der Waals surface area contributed by atoms with Crippen molar-refractivity contribution in [2.75, 3.05) is 7.11 Å². The molecule has 0 aromatic heterocycles. The molecule has 5 heteroatoms. The molecule has 3 aromatic carbocycles. The topological polar surface area (TPSA) is 70.9 Å². The zero-order chi connectivity index (χ0) is 17.8. The van der Waals surface area contributed by atoms with Crippen molar-refractivity contribution >= 4 is 22.9 Å². The standard InChI is InChI=1S/C20H18N2O3/c1-13-7-8-18(23)16(9-13)12-21-22-20(24)17-10-14-5-3-4-6-15(14)11-19(17)25-2/h3-12,23H,1-2H3,(H,22,24)/b21-12+. The third-order valence-corrected chi connectivity index (χ3v) is 3.87. The maximum absolute atomic E-state index is 12.4. The molecule has 0 aliphatic carbocycles. The highest BCUT2D eigenvalue weighted by Gasteiger charge is 2.13. The highest BCUT2D eigenvalue weighted by atomic mass is 16.5. The number of phenolic OH excluding ortho intramolecular Hbond substituents is 1. The van der Waals surface area contributed by atoms with Gasteiger partial charge < -0.3 is 9.84 Å². The number of carbonyl (C=O) groups excluding carboxylic acids is 1. The number of hydrazone groups is 1. The van der Waals surface area contributed by atoms with E-state index in [1.54, 1.807) is 24.3 Å². The molecule has 0 bridgehead atoms. The Morgan fingerprint density at radius 1 is 1.12 bits per heavy atom. The minimum atomic E-state index is -0.383. The summed E-state index contributed by atoms with van der Waals surface area (Å²) in [7, 11) is 1.52. The van der Waals surface area contributed by atoms with Crippen molar-refractivity contribution in [3.05, 3.63) is 71.3 Å². The van der Waals surface area contributed by atoms with Gasteiger partial charge in [0.15, 0.2) is 0 Å². The van der Waals surface area contributed by atoms with Crippen molar-refractivity contribution in [1.82, 2.24) is 5.43 Å². The maximum atomic E-state index is 12.4. The summed E-state index contributed by atoms with van der Waals surface area (Å²) in [4.78, 5) is 12.4. The molecule has 0 aliphatic heterocycles. The second-order valence-electron chi connectivity index (χ2n) is 5.66. The van der Waals surface area contributed by atoms with Crippen LogP contribution in [0.1, 0.15) is 21.5 Å². The second-order valence-corrected chi connectivity index (χ2v) is 5.66. The molecule has 0 saturated carbocycles. The smallest absolute Gasteiger partial charge is 0.275 e. The van der Waals surface area contributed by atoms with Crippen LogP contribution in [0, 0.1) is 6.92 Å². The number of aromatic hydroxyl groups is 1. The van der Waals surface area contributed by atoms with E-state index in [0.29, 0.717) is 16.9 Å². The molecule has 5 nitrogen and oxygen atoms in total. The van der Waals surface area contributed by atoms with E-state index in [4.69, 9.17) is 4.74 Å².